The molecule has 2 heterocycles. The van der Waals surface area contributed by atoms with Crippen molar-refractivity contribution in [2.24, 2.45) is 0 Å². The molecule has 0 radical (unpaired) electrons. The molecule has 0 saturated heterocycles. The second-order valence-corrected chi connectivity index (χ2v) is 7.97. The largest absolute Gasteiger partial charge is 0.416 e. The normalized spacial score (nSPS) is 19.0. The summed E-state index contributed by atoms with van der Waals surface area (Å²) in [5.74, 6) is -1.89. The first kappa shape index (κ1) is 20.1. The summed E-state index contributed by atoms with van der Waals surface area (Å²) < 4.78 is 92.4. The number of rotatable bonds is 3. The average molecular weight is 421 g/mol. The van der Waals surface area contributed by atoms with E-state index >= 15 is 0 Å². The minimum atomic E-state index is -4.97. The Morgan fingerprint density at radius 2 is 1.82 bits per heavy atom. The quantitative estimate of drug-likeness (QED) is 0.712. The van der Waals surface area contributed by atoms with Gasteiger partial charge in [0.1, 0.15) is 0 Å². The van der Waals surface area contributed by atoms with Crippen LogP contribution in [0.15, 0.2) is 30.6 Å². The Bertz CT molecular complexity index is 1040. The molecule has 0 aliphatic carbocycles. The number of Topliss-reactive ketones (excluding diaryl/α,β-unsaturated/α-hetero) is 1. The van der Waals surface area contributed by atoms with Gasteiger partial charge in [-0.15, -0.1) is 0 Å². The van der Waals surface area contributed by atoms with Gasteiger partial charge in [-0.2, -0.15) is 13.2 Å². The highest BCUT2D eigenvalue weighted by Crippen LogP contribution is 2.43. The third kappa shape index (κ3) is 3.32. The number of anilines is 1. The first-order valence-corrected chi connectivity index (χ1v) is 9.27. The Hall–Kier alpha value is -2.63. The number of hydrogen-bond acceptors (Lipinski definition) is 5. The number of halogens is 5. The van der Waals surface area contributed by atoms with Crippen molar-refractivity contribution in [2.75, 3.05) is 10.8 Å². The van der Waals surface area contributed by atoms with Crippen LogP contribution in [0.4, 0.5) is 27.8 Å². The van der Waals surface area contributed by atoms with Crippen molar-refractivity contribution in [3.05, 3.63) is 53.0 Å². The van der Waals surface area contributed by atoms with Crippen LogP contribution >= 0.6 is 0 Å². The summed E-state index contributed by atoms with van der Waals surface area (Å²) in [5.41, 5.74) is -2.51. The van der Waals surface area contributed by atoms with Gasteiger partial charge in [-0.3, -0.25) is 4.79 Å². The van der Waals surface area contributed by atoms with E-state index in [0.717, 1.165) is 24.5 Å². The van der Waals surface area contributed by atoms with Crippen LogP contribution in [0.5, 0.6) is 0 Å². The number of aromatic nitrogens is 2. The maximum atomic E-state index is 13.4. The van der Waals surface area contributed by atoms with E-state index in [4.69, 9.17) is 0 Å². The van der Waals surface area contributed by atoms with Crippen molar-refractivity contribution in [2.45, 2.75) is 24.8 Å². The van der Waals surface area contributed by atoms with Crippen LogP contribution in [-0.2, 0) is 16.2 Å². The van der Waals surface area contributed by atoms with Gasteiger partial charge in [-0.1, -0.05) is 17.7 Å². The van der Waals surface area contributed by atoms with Crippen LogP contribution in [0.1, 0.15) is 32.4 Å². The van der Waals surface area contributed by atoms with Crippen molar-refractivity contribution in [1.82, 2.24) is 9.97 Å². The molecule has 0 N–H and O–H groups in total. The molecule has 1 atom stereocenters. The molecule has 1 aliphatic rings. The number of hydrogen-bond donors (Lipinski definition) is 0. The molecule has 3 rings (SSSR count). The molecule has 0 saturated carbocycles. The van der Waals surface area contributed by atoms with Crippen molar-refractivity contribution < 1.29 is 35.2 Å². The maximum absolute atomic E-state index is 13.4. The molecule has 0 spiro atoms. The van der Waals surface area contributed by atoms with Crippen molar-refractivity contribution in [3.8, 4) is 0 Å². The summed E-state index contributed by atoms with van der Waals surface area (Å²) >= 11 is 0. The lowest BCUT2D eigenvalue weighted by Crippen LogP contribution is -2.46. The van der Waals surface area contributed by atoms with E-state index in [1.165, 1.54) is 6.92 Å². The number of carbonyl (C=O) groups excluding carboxylic acids is 1. The molecule has 1 aromatic heterocycles. The molecule has 1 unspecified atom stereocenters. The van der Waals surface area contributed by atoms with E-state index in [9.17, 15) is 35.2 Å². The number of fused-ring (bicyclic) bond motifs is 1. The highest BCUT2D eigenvalue weighted by atomic mass is 32.2. The Kier molecular flexibility index (Phi) is 4.86. The number of benzene rings is 1. The molecule has 150 valence electrons. The summed E-state index contributed by atoms with van der Waals surface area (Å²) in [7, 11) is -4.97. The molecule has 28 heavy (non-hydrogen) atoms. The number of carbonyl (C=O) groups is 1. The van der Waals surface area contributed by atoms with E-state index < -0.39 is 62.8 Å². The van der Waals surface area contributed by atoms with Crippen molar-refractivity contribution in [3.63, 3.8) is 0 Å². The topological polar surface area (TPSA) is 80.2 Å². The van der Waals surface area contributed by atoms with Crippen LogP contribution in [0.25, 0.3) is 0 Å². The standard InChI is InChI=1S/C16H12F5N3O3S/c1-8-2-3-10(16(19,20)21)9(6-8)14-13(25)12-15(23-5-4-22-12)24(7-11(17)18)28(14,26)27/h2-6,11,14H,7H2,1H3. The number of nitrogens with zero attached hydrogens (tertiary/aromatic N) is 3. The van der Waals surface area contributed by atoms with Gasteiger partial charge in [0.2, 0.25) is 5.78 Å². The predicted octanol–water partition coefficient (Wildman–Crippen LogP) is 3.14. The molecule has 1 aliphatic heterocycles. The molecule has 12 heteroatoms. The van der Waals surface area contributed by atoms with E-state index in [2.05, 4.69) is 9.97 Å². The van der Waals surface area contributed by atoms with Gasteiger partial charge in [0.05, 0.1) is 12.1 Å². The third-order valence-electron chi connectivity index (χ3n) is 4.09. The second-order valence-electron chi connectivity index (χ2n) is 6.03. The molecule has 6 nitrogen and oxygen atoms in total. The third-order valence-corrected chi connectivity index (χ3v) is 6.09. The van der Waals surface area contributed by atoms with Gasteiger partial charge in [-0.25, -0.2) is 31.5 Å². The van der Waals surface area contributed by atoms with Gasteiger partial charge < -0.3 is 0 Å². The monoisotopic (exact) mass is 421 g/mol. The SMILES string of the molecule is Cc1ccc(C(F)(F)F)c(C2C(=O)c3nccnc3N(CC(F)F)S2(=O)=O)c1. The number of aryl methyl sites for hydroxylation is 1. The van der Waals surface area contributed by atoms with Gasteiger partial charge >= 0.3 is 6.18 Å². The summed E-state index contributed by atoms with van der Waals surface area (Å²) in [6, 6.07) is 2.67. The maximum Gasteiger partial charge on any atom is 0.416 e. The summed E-state index contributed by atoms with van der Waals surface area (Å²) in [5, 5.41) is -2.37. The van der Waals surface area contributed by atoms with E-state index in [1.54, 1.807) is 0 Å². The van der Waals surface area contributed by atoms with E-state index in [1.807, 2.05) is 0 Å². The average Bonchev–Trinajstić information content (AvgIpc) is 2.57. The number of alkyl halides is 5. The summed E-state index contributed by atoms with van der Waals surface area (Å²) in [6.07, 6.45) is -6.10. The van der Waals surface area contributed by atoms with Gasteiger partial charge in [0.15, 0.2) is 16.8 Å². The minimum absolute atomic E-state index is 0.147. The molecular weight excluding hydrogens is 409 g/mol. The van der Waals surface area contributed by atoms with Gasteiger partial charge in [0, 0.05) is 12.4 Å². The first-order valence-electron chi connectivity index (χ1n) is 7.77. The van der Waals surface area contributed by atoms with Crippen LogP contribution in [0, 0.1) is 6.92 Å². The molecular formula is C16H12F5N3O3S. The highest BCUT2D eigenvalue weighted by Gasteiger charge is 2.50. The molecule has 2 aromatic rings. The fourth-order valence-corrected chi connectivity index (χ4v) is 4.82. The second kappa shape index (κ2) is 6.76. The fraction of sp³-hybridized carbons (Fsp3) is 0.312. The predicted molar refractivity (Wildman–Crippen MR) is 87.6 cm³/mol. The fourth-order valence-electron chi connectivity index (χ4n) is 2.97. The Morgan fingerprint density at radius 3 is 2.43 bits per heavy atom. The van der Waals surface area contributed by atoms with Gasteiger partial charge in [0.25, 0.3) is 16.4 Å². The lowest BCUT2D eigenvalue weighted by atomic mass is 9.97. The summed E-state index contributed by atoms with van der Waals surface area (Å²) in [4.78, 5) is 20.1. The van der Waals surface area contributed by atoms with Crippen LogP contribution in [-0.4, -0.2) is 37.1 Å². The molecule has 1 aromatic carbocycles. The Labute approximate surface area is 156 Å². The highest BCUT2D eigenvalue weighted by molar-refractivity contribution is 7.94. The number of sulfonamides is 1. The van der Waals surface area contributed by atoms with Crippen LogP contribution in [0.3, 0.4) is 0 Å². The number of ketones is 1. The Morgan fingerprint density at radius 1 is 1.18 bits per heavy atom. The van der Waals surface area contributed by atoms with Gasteiger partial charge in [-0.05, 0) is 18.6 Å². The minimum Gasteiger partial charge on any atom is -0.290 e. The smallest absolute Gasteiger partial charge is 0.290 e. The zero-order valence-corrected chi connectivity index (χ0v) is 14.9. The van der Waals surface area contributed by atoms with Crippen LogP contribution in [0.2, 0.25) is 0 Å². The lowest BCUT2D eigenvalue weighted by molar-refractivity contribution is -0.138. The first-order chi connectivity index (χ1) is 12.9. The Balaban J connectivity index is 2.31. The van der Waals surface area contributed by atoms with Crippen molar-refractivity contribution >= 4 is 21.6 Å². The van der Waals surface area contributed by atoms with E-state index in [-0.39, 0.29) is 9.87 Å². The molecule has 0 fully saturated rings. The van der Waals surface area contributed by atoms with Crippen molar-refractivity contribution in [1.29, 1.82) is 0 Å². The lowest BCUT2D eigenvalue weighted by Gasteiger charge is -2.33. The molecule has 0 amide bonds. The molecule has 0 bridgehead atoms. The summed E-state index contributed by atoms with van der Waals surface area (Å²) in [6.45, 7) is 0.0409. The zero-order valence-electron chi connectivity index (χ0n) is 14.1. The van der Waals surface area contributed by atoms with Crippen LogP contribution < -0.4 is 4.31 Å². The van der Waals surface area contributed by atoms with E-state index in [0.29, 0.717) is 6.07 Å². The zero-order chi connectivity index (χ0) is 20.9.